The van der Waals surface area contributed by atoms with E-state index in [0.717, 1.165) is 77.7 Å². The number of hydrogen-bond donors (Lipinski definition) is 0. The largest absolute Gasteiger partial charge is 0.493 e. The number of esters is 2. The highest BCUT2D eigenvalue weighted by Gasteiger charge is 2.42. The topological polar surface area (TPSA) is 154 Å². The second-order valence-electron chi connectivity index (χ2n) is 20.3. The van der Waals surface area contributed by atoms with E-state index in [1.807, 2.05) is 36.4 Å². The van der Waals surface area contributed by atoms with Gasteiger partial charge in [0.25, 0.3) is 0 Å². The number of fused-ring (bicyclic) bond motifs is 2. The number of methoxy groups -OCH3 is 10. The second-order valence-corrected chi connectivity index (χ2v) is 20.3. The van der Waals surface area contributed by atoms with Gasteiger partial charge in [-0.15, -0.1) is 0 Å². The van der Waals surface area contributed by atoms with Crippen LogP contribution in [0.1, 0.15) is 90.4 Å². The first-order chi connectivity index (χ1) is 37.7. The fraction of sp³-hybridized carbons (Fsp3) is 0.541. The number of hydrogen-bond acceptors (Lipinski definition) is 15. The third kappa shape index (κ3) is 15.2. The van der Waals surface area contributed by atoms with Crippen molar-refractivity contribution in [1.29, 1.82) is 0 Å². The molecule has 0 bridgehead atoms. The van der Waals surface area contributed by atoms with Gasteiger partial charge in [-0.3, -0.25) is 9.59 Å². The highest BCUT2D eigenvalue weighted by atomic mass is 16.6. The molecule has 17 nitrogen and oxygen atoms in total. The van der Waals surface area contributed by atoms with E-state index in [1.165, 1.54) is 22.3 Å². The summed E-state index contributed by atoms with van der Waals surface area (Å²) >= 11 is 0. The van der Waals surface area contributed by atoms with Crippen molar-refractivity contribution in [3.63, 3.8) is 0 Å². The molecule has 2 aliphatic heterocycles. The number of likely N-dealkylation sites (N-methyl/N-ethyl adjacent to an activating group) is 2. The maximum Gasteiger partial charge on any atom is 0.306 e. The number of benzene rings is 4. The van der Waals surface area contributed by atoms with E-state index in [-0.39, 0.29) is 36.9 Å². The van der Waals surface area contributed by atoms with Gasteiger partial charge in [-0.25, -0.2) is 0 Å². The zero-order valence-electron chi connectivity index (χ0n) is 48.4. The molecule has 4 aromatic rings. The third-order valence-electron chi connectivity index (χ3n) is 15.5. The average molecular weight is 1090 g/mol. The number of allylic oxidation sites excluding steroid dienone is 2. The standard InChI is InChI=1S/C61H86N2O15/c1-62(26-22-44-38-50(66-3)52(68-5)40-46(44)48(62)32-42-34-54(70-7)60(74-11)55(35-42)71-8)24-17-28-76-29-19-31-78-59(65)21-16-14-13-15-20-58(64)77-30-18-25-63(2)27-23-45-39-51(67-4)53(69-6)41-47(45)49(63)33-43-36-56(72-9)61(75-12)57(37-43)73-10/h13-14,34-41,48-49H,15-33H2,1-12H3/q+2/b14-13+/t48-,49-,62?,63?/m1/s1. The molecule has 0 saturated carbocycles. The third-order valence-corrected chi connectivity index (χ3v) is 15.5. The fourth-order valence-electron chi connectivity index (χ4n) is 11.2. The molecule has 4 aromatic carbocycles. The maximum absolute atomic E-state index is 12.8. The smallest absolute Gasteiger partial charge is 0.306 e. The predicted octanol–water partition coefficient (Wildman–Crippen LogP) is 9.44. The van der Waals surface area contributed by atoms with E-state index >= 15 is 0 Å². The van der Waals surface area contributed by atoms with E-state index in [1.54, 1.807) is 71.1 Å². The molecule has 17 heteroatoms. The predicted molar refractivity (Wildman–Crippen MR) is 298 cm³/mol. The molecule has 0 fully saturated rings. The molecule has 0 N–H and O–H groups in total. The molecule has 0 aromatic heterocycles. The van der Waals surface area contributed by atoms with Crippen LogP contribution >= 0.6 is 0 Å². The molecule has 2 unspecified atom stereocenters. The molecule has 2 aliphatic rings. The van der Waals surface area contributed by atoms with Gasteiger partial charge in [0.2, 0.25) is 11.5 Å². The first-order valence-electron chi connectivity index (χ1n) is 27.1. The lowest BCUT2D eigenvalue weighted by molar-refractivity contribution is -0.941. The summed E-state index contributed by atoms with van der Waals surface area (Å²) in [5.74, 6) is 5.90. The molecule has 78 heavy (non-hydrogen) atoms. The monoisotopic (exact) mass is 1090 g/mol. The minimum Gasteiger partial charge on any atom is -0.493 e. The summed E-state index contributed by atoms with van der Waals surface area (Å²) in [6.45, 7) is 5.25. The minimum atomic E-state index is -0.257. The van der Waals surface area contributed by atoms with Gasteiger partial charge in [-0.1, -0.05) is 12.2 Å². The van der Waals surface area contributed by atoms with Gasteiger partial charge in [-0.05, 0) is 83.6 Å². The van der Waals surface area contributed by atoms with Gasteiger partial charge in [0.1, 0.15) is 12.1 Å². The van der Waals surface area contributed by atoms with E-state index < -0.39 is 0 Å². The Morgan fingerprint density at radius 3 is 1.17 bits per heavy atom. The lowest BCUT2D eigenvalue weighted by atomic mass is 9.86. The van der Waals surface area contributed by atoms with Gasteiger partial charge in [0, 0.05) is 75.5 Å². The van der Waals surface area contributed by atoms with Crippen LogP contribution in [0.15, 0.2) is 60.7 Å². The Balaban J connectivity index is 0.893. The van der Waals surface area contributed by atoms with Crippen LogP contribution in [0.5, 0.6) is 57.5 Å². The summed E-state index contributed by atoms with van der Waals surface area (Å²) in [6.07, 6.45) is 10.8. The first-order valence-corrected chi connectivity index (χ1v) is 27.1. The zero-order chi connectivity index (χ0) is 56.2. The molecule has 0 saturated heterocycles. The molecular weight excluding hydrogens is 1000 g/mol. The molecule has 0 radical (unpaired) electrons. The SMILES string of the molecule is COc1cc2c(cc1OC)[C@@H](Cc1cc(OC)c(OC)c(OC)c1)[N+](C)(CCCOCCCOC(=O)CC/C=C/CCC(=O)OCCC[N+]1(C)CCc3cc(OC)c(OC)cc3[C@H]1Cc1cc(OC)c(OC)c(OC)c1)CC2. The normalized spacial score (nSPS) is 18.5. The Morgan fingerprint density at radius 1 is 0.449 bits per heavy atom. The Hall–Kier alpha value is -6.56. The number of quaternary nitrogens is 2. The number of nitrogens with zero attached hydrogens (tertiary/aromatic N) is 2. The molecule has 2 heterocycles. The van der Waals surface area contributed by atoms with Crippen molar-refractivity contribution in [2.75, 3.05) is 138 Å². The van der Waals surface area contributed by atoms with Crippen molar-refractivity contribution in [2.24, 2.45) is 0 Å². The molecule has 428 valence electrons. The molecule has 0 aliphatic carbocycles. The quantitative estimate of drug-likeness (QED) is 0.0197. The van der Waals surface area contributed by atoms with Crippen molar-refractivity contribution in [1.82, 2.24) is 0 Å². The molecule has 0 amide bonds. The second kappa shape index (κ2) is 29.4. The van der Waals surface area contributed by atoms with Crippen LogP contribution < -0.4 is 47.4 Å². The molecule has 6 rings (SSSR count). The van der Waals surface area contributed by atoms with Crippen LogP contribution in [-0.2, 0) is 49.5 Å². The Bertz CT molecular complexity index is 2590. The Morgan fingerprint density at radius 2 is 0.795 bits per heavy atom. The molecule has 0 spiro atoms. The van der Waals surface area contributed by atoms with Crippen LogP contribution in [-0.4, -0.2) is 159 Å². The van der Waals surface area contributed by atoms with Gasteiger partial charge in [-0.2, -0.15) is 0 Å². The molecular formula is C61H86N2O15+2. The van der Waals surface area contributed by atoms with Crippen molar-refractivity contribution >= 4 is 11.9 Å². The lowest BCUT2D eigenvalue weighted by Crippen LogP contribution is -2.52. The molecule has 4 atom stereocenters. The highest BCUT2D eigenvalue weighted by Crippen LogP contribution is 2.47. The van der Waals surface area contributed by atoms with Crippen LogP contribution in [0.3, 0.4) is 0 Å². The summed E-state index contributed by atoms with van der Waals surface area (Å²) in [4.78, 5) is 25.3. The Kier molecular flexibility index (Phi) is 22.9. The summed E-state index contributed by atoms with van der Waals surface area (Å²) in [6, 6.07) is 16.7. The Labute approximate surface area is 462 Å². The summed E-state index contributed by atoms with van der Waals surface area (Å²) in [7, 11) is 21.0. The fourth-order valence-corrected chi connectivity index (χ4v) is 11.2. The summed E-state index contributed by atoms with van der Waals surface area (Å²) < 4.78 is 75.7. The van der Waals surface area contributed by atoms with Crippen molar-refractivity contribution in [2.45, 2.75) is 82.7 Å². The van der Waals surface area contributed by atoms with E-state index in [0.29, 0.717) is 110 Å². The maximum atomic E-state index is 12.8. The van der Waals surface area contributed by atoms with Gasteiger partial charge in [0.05, 0.1) is 131 Å². The van der Waals surface area contributed by atoms with E-state index in [9.17, 15) is 9.59 Å². The van der Waals surface area contributed by atoms with Gasteiger partial charge < -0.3 is 70.5 Å². The van der Waals surface area contributed by atoms with E-state index in [4.69, 9.17) is 61.6 Å². The van der Waals surface area contributed by atoms with Crippen molar-refractivity contribution in [3.8, 4) is 57.5 Å². The summed E-state index contributed by atoms with van der Waals surface area (Å²) in [5, 5.41) is 0. The number of carbonyl (C=O) groups excluding carboxylic acids is 2. The van der Waals surface area contributed by atoms with Gasteiger partial charge in [0.15, 0.2) is 46.0 Å². The number of rotatable bonds is 32. The van der Waals surface area contributed by atoms with Crippen LogP contribution in [0, 0.1) is 0 Å². The van der Waals surface area contributed by atoms with E-state index in [2.05, 4.69) is 38.4 Å². The average Bonchev–Trinajstić information content (AvgIpc) is 3.46. The summed E-state index contributed by atoms with van der Waals surface area (Å²) in [5.41, 5.74) is 7.03. The number of carbonyl (C=O) groups is 2. The first kappa shape index (κ1) is 60.7. The van der Waals surface area contributed by atoms with Crippen LogP contribution in [0.4, 0.5) is 0 Å². The highest BCUT2D eigenvalue weighted by molar-refractivity contribution is 5.70. The number of ether oxygens (including phenoxy) is 13. The zero-order valence-corrected chi connectivity index (χ0v) is 48.4. The minimum absolute atomic E-state index is 0.0574. The lowest BCUT2D eigenvalue weighted by Gasteiger charge is -2.46. The van der Waals surface area contributed by atoms with Crippen LogP contribution in [0.25, 0.3) is 0 Å². The van der Waals surface area contributed by atoms with Crippen LogP contribution in [0.2, 0.25) is 0 Å². The van der Waals surface area contributed by atoms with Crippen molar-refractivity contribution in [3.05, 3.63) is 94.1 Å². The van der Waals surface area contributed by atoms with Gasteiger partial charge >= 0.3 is 11.9 Å². The van der Waals surface area contributed by atoms with Crippen molar-refractivity contribution < 1.29 is 80.1 Å².